The Labute approximate surface area is 128 Å². The van der Waals surface area contributed by atoms with E-state index in [-0.39, 0.29) is 12.0 Å². The molecule has 2 heterocycles. The molecule has 0 aliphatic carbocycles. The Morgan fingerprint density at radius 1 is 1.32 bits per heavy atom. The first-order chi connectivity index (χ1) is 10.6. The SMILES string of the molecule is CCOC(=O)C1=C(C)n2nnnc2N(C)C1c1ccccc1. The quantitative estimate of drug-likeness (QED) is 0.803. The van der Waals surface area contributed by atoms with Crippen LogP contribution in [0.2, 0.25) is 0 Å². The van der Waals surface area contributed by atoms with E-state index in [1.165, 1.54) is 0 Å². The van der Waals surface area contributed by atoms with E-state index in [4.69, 9.17) is 4.74 Å². The summed E-state index contributed by atoms with van der Waals surface area (Å²) in [5.74, 6) is 0.251. The molecule has 7 nitrogen and oxygen atoms in total. The number of carbonyl (C=O) groups is 1. The first-order valence-electron chi connectivity index (χ1n) is 7.09. The topological polar surface area (TPSA) is 73.1 Å². The molecule has 1 aromatic heterocycles. The number of allylic oxidation sites excluding steroid dienone is 1. The van der Waals surface area contributed by atoms with Crippen LogP contribution in [0.4, 0.5) is 5.95 Å². The molecule has 0 bridgehead atoms. The first-order valence-corrected chi connectivity index (χ1v) is 7.09. The molecule has 2 aromatic rings. The second kappa shape index (κ2) is 5.59. The molecule has 7 heteroatoms. The fraction of sp³-hybridized carbons (Fsp3) is 0.333. The van der Waals surface area contributed by atoms with Crippen LogP contribution < -0.4 is 4.90 Å². The molecule has 114 valence electrons. The van der Waals surface area contributed by atoms with Crippen molar-refractivity contribution in [3.8, 4) is 0 Å². The van der Waals surface area contributed by atoms with Crippen LogP contribution in [-0.4, -0.2) is 39.8 Å². The molecule has 22 heavy (non-hydrogen) atoms. The number of aromatic nitrogens is 4. The highest BCUT2D eigenvalue weighted by molar-refractivity contribution is 5.97. The fourth-order valence-corrected chi connectivity index (χ4v) is 2.73. The van der Waals surface area contributed by atoms with E-state index in [2.05, 4.69) is 15.5 Å². The Hall–Kier alpha value is -2.70. The summed E-state index contributed by atoms with van der Waals surface area (Å²) >= 11 is 0. The van der Waals surface area contributed by atoms with Gasteiger partial charge < -0.3 is 9.64 Å². The Bertz CT molecular complexity index is 723. The average molecular weight is 299 g/mol. The van der Waals surface area contributed by atoms with Crippen LogP contribution in [0.1, 0.15) is 25.5 Å². The molecule has 1 atom stereocenters. The van der Waals surface area contributed by atoms with E-state index < -0.39 is 0 Å². The Morgan fingerprint density at radius 2 is 2.05 bits per heavy atom. The van der Waals surface area contributed by atoms with Crippen molar-refractivity contribution in [1.82, 2.24) is 20.2 Å². The molecule has 0 radical (unpaired) electrons. The molecule has 0 saturated heterocycles. The van der Waals surface area contributed by atoms with Crippen molar-refractivity contribution in [3.05, 3.63) is 41.5 Å². The van der Waals surface area contributed by atoms with Crippen LogP contribution in [-0.2, 0) is 9.53 Å². The third-order valence-electron chi connectivity index (χ3n) is 3.75. The molecular weight excluding hydrogens is 282 g/mol. The van der Waals surface area contributed by atoms with Gasteiger partial charge in [-0.05, 0) is 29.8 Å². The van der Waals surface area contributed by atoms with Crippen molar-refractivity contribution < 1.29 is 9.53 Å². The smallest absolute Gasteiger partial charge is 0.338 e. The summed E-state index contributed by atoms with van der Waals surface area (Å²) in [4.78, 5) is 14.4. The summed E-state index contributed by atoms with van der Waals surface area (Å²) in [6, 6.07) is 9.51. The van der Waals surface area contributed by atoms with Crippen molar-refractivity contribution in [2.45, 2.75) is 19.9 Å². The van der Waals surface area contributed by atoms with Crippen molar-refractivity contribution in [3.63, 3.8) is 0 Å². The van der Waals surface area contributed by atoms with Gasteiger partial charge in [-0.15, -0.1) is 0 Å². The molecule has 1 aliphatic rings. The average Bonchev–Trinajstić information content (AvgIpc) is 3.02. The van der Waals surface area contributed by atoms with Gasteiger partial charge in [0.1, 0.15) is 0 Å². The highest BCUT2D eigenvalue weighted by Crippen LogP contribution is 2.38. The third-order valence-corrected chi connectivity index (χ3v) is 3.75. The number of tetrazole rings is 1. The lowest BCUT2D eigenvalue weighted by atomic mass is 9.94. The summed E-state index contributed by atoms with van der Waals surface area (Å²) in [7, 11) is 1.87. The van der Waals surface area contributed by atoms with Gasteiger partial charge in [-0.25, -0.2) is 4.79 Å². The largest absolute Gasteiger partial charge is 0.463 e. The number of rotatable bonds is 3. The zero-order chi connectivity index (χ0) is 15.7. The minimum atomic E-state index is -0.346. The summed E-state index contributed by atoms with van der Waals surface area (Å²) in [5, 5.41) is 11.7. The second-order valence-electron chi connectivity index (χ2n) is 5.03. The number of hydrogen-bond acceptors (Lipinski definition) is 6. The number of benzene rings is 1. The van der Waals surface area contributed by atoms with Crippen LogP contribution >= 0.6 is 0 Å². The van der Waals surface area contributed by atoms with Gasteiger partial charge in [-0.3, -0.25) is 0 Å². The van der Waals surface area contributed by atoms with E-state index in [1.807, 2.05) is 49.2 Å². The minimum Gasteiger partial charge on any atom is -0.463 e. The van der Waals surface area contributed by atoms with Crippen LogP contribution in [0, 0.1) is 0 Å². The van der Waals surface area contributed by atoms with Gasteiger partial charge in [-0.2, -0.15) is 4.68 Å². The van der Waals surface area contributed by atoms with Gasteiger partial charge in [0.2, 0.25) is 0 Å². The maximum atomic E-state index is 12.5. The van der Waals surface area contributed by atoms with E-state index in [9.17, 15) is 4.79 Å². The van der Waals surface area contributed by atoms with Crippen molar-refractivity contribution in [2.75, 3.05) is 18.6 Å². The van der Waals surface area contributed by atoms with E-state index in [0.717, 1.165) is 5.56 Å². The molecule has 0 N–H and O–H groups in total. The highest BCUT2D eigenvalue weighted by Gasteiger charge is 2.37. The van der Waals surface area contributed by atoms with E-state index >= 15 is 0 Å². The summed E-state index contributed by atoms with van der Waals surface area (Å²) in [6.45, 7) is 3.94. The van der Waals surface area contributed by atoms with Crippen molar-refractivity contribution >= 4 is 17.6 Å². The predicted molar refractivity (Wildman–Crippen MR) is 80.9 cm³/mol. The van der Waals surface area contributed by atoms with Gasteiger partial charge in [-0.1, -0.05) is 35.4 Å². The maximum absolute atomic E-state index is 12.5. The number of esters is 1. The molecule has 0 spiro atoms. The van der Waals surface area contributed by atoms with Crippen LogP contribution in [0.15, 0.2) is 35.9 Å². The summed E-state index contributed by atoms with van der Waals surface area (Å²) in [5.41, 5.74) is 2.22. The highest BCUT2D eigenvalue weighted by atomic mass is 16.5. The zero-order valence-corrected chi connectivity index (χ0v) is 12.7. The molecule has 1 unspecified atom stereocenters. The monoisotopic (exact) mass is 299 g/mol. The van der Waals surface area contributed by atoms with Crippen LogP contribution in [0.5, 0.6) is 0 Å². The number of anilines is 1. The number of ether oxygens (including phenoxy) is 1. The van der Waals surface area contributed by atoms with Gasteiger partial charge in [0.05, 0.1) is 23.9 Å². The summed E-state index contributed by atoms with van der Waals surface area (Å²) < 4.78 is 6.80. The van der Waals surface area contributed by atoms with E-state index in [0.29, 0.717) is 23.8 Å². The number of fused-ring (bicyclic) bond motifs is 1. The molecule has 1 aromatic carbocycles. The molecular formula is C15H17N5O2. The summed E-state index contributed by atoms with van der Waals surface area (Å²) in [6.07, 6.45) is 0. The zero-order valence-electron chi connectivity index (χ0n) is 12.7. The lowest BCUT2D eigenvalue weighted by molar-refractivity contribution is -0.138. The second-order valence-corrected chi connectivity index (χ2v) is 5.03. The van der Waals surface area contributed by atoms with Gasteiger partial charge in [0, 0.05) is 7.05 Å². The van der Waals surface area contributed by atoms with Gasteiger partial charge >= 0.3 is 5.97 Å². The lowest BCUT2D eigenvalue weighted by Gasteiger charge is -2.34. The molecule has 0 fully saturated rings. The molecule has 0 amide bonds. The third kappa shape index (κ3) is 2.14. The Morgan fingerprint density at radius 3 is 2.73 bits per heavy atom. The predicted octanol–water partition coefficient (Wildman–Crippen LogP) is 1.66. The fourth-order valence-electron chi connectivity index (χ4n) is 2.73. The maximum Gasteiger partial charge on any atom is 0.338 e. The number of nitrogens with zero attached hydrogens (tertiary/aromatic N) is 5. The first kappa shape index (κ1) is 14.2. The number of carbonyl (C=O) groups excluding carboxylic acids is 1. The molecule has 1 aliphatic heterocycles. The van der Waals surface area contributed by atoms with Crippen LogP contribution in [0.3, 0.4) is 0 Å². The lowest BCUT2D eigenvalue weighted by Crippen LogP contribution is -2.36. The van der Waals surface area contributed by atoms with Crippen molar-refractivity contribution in [2.24, 2.45) is 0 Å². The normalized spacial score (nSPS) is 17.4. The van der Waals surface area contributed by atoms with Gasteiger partial charge in [0.15, 0.2) is 0 Å². The Kier molecular flexibility index (Phi) is 3.62. The molecule has 3 rings (SSSR count). The van der Waals surface area contributed by atoms with Crippen LogP contribution in [0.25, 0.3) is 5.70 Å². The molecule has 0 saturated carbocycles. The number of hydrogen-bond donors (Lipinski definition) is 0. The van der Waals surface area contributed by atoms with E-state index in [1.54, 1.807) is 11.6 Å². The minimum absolute atomic E-state index is 0.279. The Balaban J connectivity index is 2.18. The van der Waals surface area contributed by atoms with Gasteiger partial charge in [0.25, 0.3) is 5.95 Å². The standard InChI is InChI=1S/C15H17N5O2/c1-4-22-14(21)12-10(2)20-15(16-17-18-20)19(3)13(12)11-8-6-5-7-9-11/h5-9,13H,4H2,1-3H3. The van der Waals surface area contributed by atoms with Crippen molar-refractivity contribution in [1.29, 1.82) is 0 Å². The number of likely N-dealkylation sites (N-methyl/N-ethyl adjacent to an activating group) is 1.